The van der Waals surface area contributed by atoms with Gasteiger partial charge in [0.1, 0.15) is 11.3 Å². The molecule has 0 bridgehead atoms. The van der Waals surface area contributed by atoms with Crippen molar-refractivity contribution in [2.24, 2.45) is 0 Å². The molecule has 1 aliphatic rings. The smallest absolute Gasteiger partial charge is 0.197 e. The Labute approximate surface area is 175 Å². The fourth-order valence-corrected chi connectivity index (χ4v) is 4.92. The van der Waals surface area contributed by atoms with E-state index in [2.05, 4.69) is 0 Å². The number of hydrogen-bond donors (Lipinski definition) is 0. The van der Waals surface area contributed by atoms with Gasteiger partial charge in [-0.3, -0.25) is 9.59 Å². The quantitative estimate of drug-likeness (QED) is 0.240. The SMILES string of the molecule is O=C1C(=Cc2cc3oc(-c4ccccc4)cc3s2)C(=O)c2cc3ccccc3cc21. The maximum Gasteiger partial charge on any atom is 0.197 e. The molecule has 0 aliphatic heterocycles. The lowest BCUT2D eigenvalue weighted by Crippen LogP contribution is -1.99. The number of carbonyl (C=O) groups excluding carboxylic acids is 2. The molecule has 3 nitrogen and oxygen atoms in total. The van der Waals surface area contributed by atoms with Crippen molar-refractivity contribution in [3.63, 3.8) is 0 Å². The molecule has 30 heavy (non-hydrogen) atoms. The van der Waals surface area contributed by atoms with E-state index in [9.17, 15) is 9.59 Å². The van der Waals surface area contributed by atoms with Crippen LogP contribution in [0.3, 0.4) is 0 Å². The Morgan fingerprint density at radius 2 is 1.37 bits per heavy atom. The summed E-state index contributed by atoms with van der Waals surface area (Å²) in [5.41, 5.74) is 2.96. The van der Waals surface area contributed by atoms with Crippen molar-refractivity contribution in [2.75, 3.05) is 0 Å². The predicted octanol–water partition coefficient (Wildman–Crippen LogP) is 6.78. The normalized spacial score (nSPS) is 13.4. The summed E-state index contributed by atoms with van der Waals surface area (Å²) in [7, 11) is 0. The minimum absolute atomic E-state index is 0.212. The van der Waals surface area contributed by atoms with Crippen LogP contribution in [0.2, 0.25) is 0 Å². The first-order valence-corrected chi connectivity index (χ1v) is 10.4. The third-order valence-corrected chi connectivity index (χ3v) is 6.45. The van der Waals surface area contributed by atoms with E-state index in [0.717, 1.165) is 37.3 Å². The van der Waals surface area contributed by atoms with Crippen molar-refractivity contribution in [1.29, 1.82) is 0 Å². The van der Waals surface area contributed by atoms with Gasteiger partial charge >= 0.3 is 0 Å². The molecular formula is C26H14O3S. The summed E-state index contributed by atoms with van der Waals surface area (Å²) in [6.07, 6.45) is 1.69. The van der Waals surface area contributed by atoms with Crippen LogP contribution in [-0.4, -0.2) is 11.6 Å². The second-order valence-electron chi connectivity index (χ2n) is 7.32. The molecule has 4 heteroatoms. The third kappa shape index (κ3) is 2.58. The van der Waals surface area contributed by atoms with Gasteiger partial charge in [0.2, 0.25) is 0 Å². The summed E-state index contributed by atoms with van der Waals surface area (Å²) < 4.78 is 6.97. The number of fused-ring (bicyclic) bond motifs is 3. The second-order valence-corrected chi connectivity index (χ2v) is 8.43. The van der Waals surface area contributed by atoms with Crippen LogP contribution in [0.15, 0.2) is 88.9 Å². The first-order chi connectivity index (χ1) is 14.7. The Bertz CT molecular complexity index is 1430. The van der Waals surface area contributed by atoms with Gasteiger partial charge in [0.25, 0.3) is 0 Å². The highest BCUT2D eigenvalue weighted by Crippen LogP contribution is 2.36. The monoisotopic (exact) mass is 406 g/mol. The van der Waals surface area contributed by atoms with Gasteiger partial charge < -0.3 is 4.42 Å². The summed E-state index contributed by atoms with van der Waals surface area (Å²) in [6.45, 7) is 0. The lowest BCUT2D eigenvalue weighted by Gasteiger charge is -2.00. The third-order valence-electron chi connectivity index (χ3n) is 5.44. The van der Waals surface area contributed by atoms with E-state index < -0.39 is 0 Å². The Kier molecular flexibility index (Phi) is 3.64. The molecule has 0 N–H and O–H groups in total. The summed E-state index contributed by atoms with van der Waals surface area (Å²) >= 11 is 1.51. The Balaban J connectivity index is 1.39. The molecule has 0 unspecified atom stereocenters. The van der Waals surface area contributed by atoms with Crippen LogP contribution < -0.4 is 0 Å². The van der Waals surface area contributed by atoms with Crippen molar-refractivity contribution < 1.29 is 14.0 Å². The number of benzene rings is 3. The summed E-state index contributed by atoms with van der Waals surface area (Å²) in [6, 6.07) is 25.2. The van der Waals surface area contributed by atoms with Crippen LogP contribution in [-0.2, 0) is 0 Å². The van der Waals surface area contributed by atoms with Gasteiger partial charge in [0.15, 0.2) is 11.6 Å². The number of ketones is 2. The predicted molar refractivity (Wildman–Crippen MR) is 120 cm³/mol. The molecule has 0 saturated heterocycles. The molecule has 5 aromatic rings. The fraction of sp³-hybridized carbons (Fsp3) is 0. The molecule has 0 fully saturated rings. The molecule has 2 aromatic heterocycles. The molecule has 0 atom stereocenters. The van der Waals surface area contributed by atoms with Crippen molar-refractivity contribution in [2.45, 2.75) is 0 Å². The highest BCUT2D eigenvalue weighted by molar-refractivity contribution is 7.19. The van der Waals surface area contributed by atoms with Gasteiger partial charge in [-0.1, -0.05) is 54.6 Å². The number of Topliss-reactive ketones (excluding diaryl/α,β-unsaturated/α-hetero) is 2. The number of carbonyl (C=O) groups is 2. The zero-order valence-electron chi connectivity index (χ0n) is 15.7. The summed E-state index contributed by atoms with van der Waals surface area (Å²) in [5.74, 6) is 0.384. The minimum Gasteiger partial charge on any atom is -0.455 e. The maximum atomic E-state index is 12.9. The number of furan rings is 1. The average molecular weight is 406 g/mol. The Hall–Kier alpha value is -3.76. The van der Waals surface area contributed by atoms with Crippen LogP contribution in [0.4, 0.5) is 0 Å². The Morgan fingerprint density at radius 3 is 2.00 bits per heavy atom. The summed E-state index contributed by atoms with van der Waals surface area (Å²) in [4.78, 5) is 26.7. The largest absolute Gasteiger partial charge is 0.455 e. The first kappa shape index (κ1) is 17.1. The average Bonchev–Trinajstić information content (AvgIpc) is 3.41. The van der Waals surface area contributed by atoms with Gasteiger partial charge in [0.05, 0.1) is 10.3 Å². The van der Waals surface area contributed by atoms with Crippen LogP contribution in [0, 0.1) is 0 Å². The Morgan fingerprint density at radius 1 is 0.733 bits per heavy atom. The van der Waals surface area contributed by atoms with Crippen LogP contribution in [0.1, 0.15) is 25.6 Å². The molecule has 0 saturated carbocycles. The van der Waals surface area contributed by atoms with Crippen molar-refractivity contribution in [3.8, 4) is 11.3 Å². The number of hydrogen-bond acceptors (Lipinski definition) is 4. The van der Waals surface area contributed by atoms with Gasteiger partial charge in [-0.05, 0) is 35.0 Å². The molecule has 1 aliphatic carbocycles. The number of rotatable bonds is 2. The standard InChI is InChI=1S/C26H14O3S/c27-25-19-10-16-8-4-5-9-17(16)11-20(19)26(28)21(25)12-18-13-23-24(30-18)14-22(29-23)15-6-2-1-3-7-15/h1-14H. The molecular weight excluding hydrogens is 392 g/mol. The van der Waals surface area contributed by atoms with E-state index >= 15 is 0 Å². The molecule has 6 rings (SSSR count). The van der Waals surface area contributed by atoms with E-state index in [-0.39, 0.29) is 17.1 Å². The minimum atomic E-state index is -0.212. The van der Waals surface area contributed by atoms with Gasteiger partial charge in [-0.25, -0.2) is 0 Å². The van der Waals surface area contributed by atoms with Gasteiger partial charge in [-0.15, -0.1) is 11.3 Å². The van der Waals surface area contributed by atoms with Crippen LogP contribution >= 0.6 is 11.3 Å². The number of thiophene rings is 1. The molecule has 0 amide bonds. The van der Waals surface area contributed by atoms with E-state index in [1.807, 2.05) is 78.9 Å². The van der Waals surface area contributed by atoms with E-state index in [0.29, 0.717) is 11.1 Å². The zero-order valence-corrected chi connectivity index (χ0v) is 16.5. The zero-order chi connectivity index (χ0) is 20.2. The highest BCUT2D eigenvalue weighted by Gasteiger charge is 2.33. The first-order valence-electron chi connectivity index (χ1n) is 9.60. The van der Waals surface area contributed by atoms with E-state index in [1.54, 1.807) is 6.08 Å². The lowest BCUT2D eigenvalue weighted by atomic mass is 10.0. The molecule has 142 valence electrons. The van der Waals surface area contributed by atoms with Gasteiger partial charge in [0, 0.05) is 27.6 Å². The van der Waals surface area contributed by atoms with Crippen molar-refractivity contribution in [3.05, 3.63) is 100 Å². The van der Waals surface area contributed by atoms with Crippen molar-refractivity contribution in [1.82, 2.24) is 0 Å². The summed E-state index contributed by atoms with van der Waals surface area (Å²) in [5, 5.41) is 1.92. The molecule has 3 aromatic carbocycles. The van der Waals surface area contributed by atoms with Gasteiger partial charge in [-0.2, -0.15) is 0 Å². The van der Waals surface area contributed by atoms with Crippen LogP contribution in [0.25, 0.3) is 38.5 Å². The topological polar surface area (TPSA) is 47.3 Å². The van der Waals surface area contributed by atoms with E-state index in [4.69, 9.17) is 4.42 Å². The second kappa shape index (κ2) is 6.37. The highest BCUT2D eigenvalue weighted by atomic mass is 32.1. The lowest BCUT2D eigenvalue weighted by molar-refractivity contribution is 0.0990. The van der Waals surface area contributed by atoms with E-state index in [1.165, 1.54) is 11.3 Å². The van der Waals surface area contributed by atoms with Crippen molar-refractivity contribution >= 4 is 50.0 Å². The number of allylic oxidation sites excluding steroid dienone is 1. The van der Waals surface area contributed by atoms with Crippen LogP contribution in [0.5, 0.6) is 0 Å². The molecule has 0 spiro atoms. The molecule has 2 heterocycles. The molecule has 0 radical (unpaired) electrons. The fourth-order valence-electron chi connectivity index (χ4n) is 3.95. The maximum absolute atomic E-state index is 12.9.